The molecular formula is C31H48O16. The topological polar surface area (TPSA) is 226 Å². The van der Waals surface area contributed by atoms with E-state index in [0.717, 1.165) is 13.3 Å². The van der Waals surface area contributed by atoms with Gasteiger partial charge in [0.1, 0.15) is 24.4 Å². The first-order valence-corrected chi connectivity index (χ1v) is 15.9. The van der Waals surface area contributed by atoms with Crippen molar-refractivity contribution in [3.63, 3.8) is 0 Å². The lowest BCUT2D eigenvalue weighted by atomic mass is 9.83. The lowest BCUT2D eigenvalue weighted by Crippen LogP contribution is -2.63. The summed E-state index contributed by atoms with van der Waals surface area (Å²) in [7, 11) is 0. The highest BCUT2D eigenvalue weighted by Gasteiger charge is 2.53. The van der Waals surface area contributed by atoms with E-state index < -0.39 is 104 Å². The van der Waals surface area contributed by atoms with Gasteiger partial charge in [0.15, 0.2) is 30.6 Å². The fourth-order valence-electron chi connectivity index (χ4n) is 6.42. The molecule has 0 aromatic rings. The van der Waals surface area contributed by atoms with Crippen LogP contribution in [0.1, 0.15) is 47.5 Å². The van der Waals surface area contributed by atoms with Gasteiger partial charge in [0.25, 0.3) is 0 Å². The second kappa shape index (κ2) is 16.4. The minimum atomic E-state index is -1.81. The molecule has 0 bridgehead atoms. The highest BCUT2D eigenvalue weighted by molar-refractivity contribution is 5.89. The Morgan fingerprint density at radius 3 is 2.36 bits per heavy atom. The van der Waals surface area contributed by atoms with E-state index in [1.807, 2.05) is 0 Å². The highest BCUT2D eigenvalue weighted by Crippen LogP contribution is 2.47. The van der Waals surface area contributed by atoms with Crippen LogP contribution in [0.4, 0.5) is 0 Å². The van der Waals surface area contributed by atoms with E-state index in [9.17, 15) is 39.9 Å². The van der Waals surface area contributed by atoms with Crippen LogP contribution in [0.3, 0.4) is 0 Å². The van der Waals surface area contributed by atoms with Crippen molar-refractivity contribution in [2.45, 2.75) is 115 Å². The number of carbonyl (C=O) groups is 3. The number of ether oxygens (including phenoxy) is 8. The summed E-state index contributed by atoms with van der Waals surface area (Å²) in [5, 5.41) is 52.5. The number of hydrogen-bond acceptors (Lipinski definition) is 16. The Morgan fingerprint density at radius 1 is 1.00 bits per heavy atom. The van der Waals surface area contributed by atoms with E-state index in [0.29, 0.717) is 18.1 Å². The molecule has 3 aliphatic heterocycles. The number of rotatable bonds is 13. The van der Waals surface area contributed by atoms with Gasteiger partial charge in [-0.25, -0.2) is 0 Å². The standard InChI is InChI=1S/C31H48O16/c1-13(2)6-7-40-29-22-18(8-20(35)19(22)12-41-15(4)33)17(10-42-29)11-43-31-28(24(37)23(36)21(9-32)46-31)47-30-26(39)25(38)27(14(3)44-30)45-16(5)34/h10,13-14,18-23,25-32,35-36,38-39H,6-9,11-12H2,1-5H3/t14-,18+,19-,20-,21+,22-,23+,25-,26+,27-,28+,29+,30-,31+/m0/s1. The number of carbonyl (C=O) groups excluding carboxylic acids is 3. The fraction of sp³-hybridized carbons (Fsp3) is 0.839. The lowest BCUT2D eigenvalue weighted by molar-refractivity contribution is -0.334. The largest absolute Gasteiger partial charge is 0.472 e. The molecule has 0 spiro atoms. The average molecular weight is 677 g/mol. The Morgan fingerprint density at radius 2 is 1.72 bits per heavy atom. The monoisotopic (exact) mass is 676 g/mol. The molecule has 0 aromatic carbocycles. The molecule has 4 aliphatic rings. The van der Waals surface area contributed by atoms with Crippen LogP contribution >= 0.6 is 0 Å². The van der Waals surface area contributed by atoms with Gasteiger partial charge < -0.3 is 63.4 Å². The smallest absolute Gasteiger partial charge is 0.303 e. The van der Waals surface area contributed by atoms with Gasteiger partial charge in [-0.15, -0.1) is 0 Å². The van der Waals surface area contributed by atoms with E-state index in [2.05, 4.69) is 13.8 Å². The molecule has 3 heterocycles. The first-order chi connectivity index (χ1) is 22.2. The summed E-state index contributed by atoms with van der Waals surface area (Å²) in [6, 6.07) is 0. The van der Waals surface area contributed by atoms with Crippen LogP contribution in [0, 0.1) is 23.7 Å². The van der Waals surface area contributed by atoms with Crippen LogP contribution in [-0.2, 0) is 52.3 Å². The quantitative estimate of drug-likeness (QED) is 0.146. The van der Waals surface area contributed by atoms with Crippen LogP contribution in [0.5, 0.6) is 0 Å². The van der Waals surface area contributed by atoms with Crippen molar-refractivity contribution in [3.05, 3.63) is 11.8 Å². The second-order valence-electron chi connectivity index (χ2n) is 12.9. The molecule has 2 saturated heterocycles. The van der Waals surface area contributed by atoms with Crippen LogP contribution in [-0.4, -0.2) is 137 Å². The van der Waals surface area contributed by atoms with E-state index in [4.69, 9.17) is 37.9 Å². The third-order valence-corrected chi connectivity index (χ3v) is 8.98. The minimum Gasteiger partial charge on any atom is -0.472 e. The summed E-state index contributed by atoms with van der Waals surface area (Å²) >= 11 is 0. The zero-order valence-electron chi connectivity index (χ0n) is 27.2. The van der Waals surface area contributed by atoms with Gasteiger partial charge in [-0.2, -0.15) is 0 Å². The average Bonchev–Trinajstić information content (AvgIpc) is 3.35. The predicted octanol–water partition coefficient (Wildman–Crippen LogP) is -1.09. The molecule has 5 N–H and O–H groups in total. The van der Waals surface area contributed by atoms with Crippen molar-refractivity contribution in [1.82, 2.24) is 0 Å². The number of ketones is 1. The number of fused-ring (bicyclic) bond motifs is 1. The predicted molar refractivity (Wildman–Crippen MR) is 156 cm³/mol. The molecule has 268 valence electrons. The Hall–Kier alpha value is -2.25. The summed E-state index contributed by atoms with van der Waals surface area (Å²) in [6.45, 7) is 7.44. The van der Waals surface area contributed by atoms with Crippen molar-refractivity contribution < 1.29 is 77.8 Å². The maximum atomic E-state index is 13.3. The van der Waals surface area contributed by atoms with Crippen molar-refractivity contribution in [3.8, 4) is 0 Å². The number of Topliss-reactive ketones (excluding diaryl/α,β-unsaturated/α-hetero) is 1. The van der Waals surface area contributed by atoms with Crippen molar-refractivity contribution in [2.75, 3.05) is 26.4 Å². The molecule has 47 heavy (non-hydrogen) atoms. The molecule has 0 unspecified atom stereocenters. The van der Waals surface area contributed by atoms with Crippen LogP contribution in [0.2, 0.25) is 0 Å². The van der Waals surface area contributed by atoms with Gasteiger partial charge in [0, 0.05) is 25.7 Å². The molecule has 4 rings (SSSR count). The summed E-state index contributed by atoms with van der Waals surface area (Å²) in [5.74, 6) is -2.98. The number of aliphatic hydroxyl groups is 5. The second-order valence-corrected chi connectivity index (χ2v) is 12.9. The third kappa shape index (κ3) is 8.86. The molecule has 0 amide bonds. The highest BCUT2D eigenvalue weighted by atomic mass is 16.8. The zero-order valence-corrected chi connectivity index (χ0v) is 27.2. The van der Waals surface area contributed by atoms with Crippen molar-refractivity contribution in [2.24, 2.45) is 23.7 Å². The first-order valence-electron chi connectivity index (χ1n) is 15.9. The fourth-order valence-corrected chi connectivity index (χ4v) is 6.42. The Balaban J connectivity index is 1.51. The van der Waals surface area contributed by atoms with Gasteiger partial charge in [0.2, 0.25) is 6.29 Å². The molecular weight excluding hydrogens is 628 g/mol. The van der Waals surface area contributed by atoms with Gasteiger partial charge in [0.05, 0.1) is 44.9 Å². The third-order valence-electron chi connectivity index (χ3n) is 8.98. The normalized spacial score (nSPS) is 40.4. The summed E-state index contributed by atoms with van der Waals surface area (Å²) < 4.78 is 45.4. The van der Waals surface area contributed by atoms with Gasteiger partial charge in [-0.1, -0.05) is 13.8 Å². The van der Waals surface area contributed by atoms with E-state index in [1.54, 1.807) is 0 Å². The maximum absolute atomic E-state index is 13.3. The van der Waals surface area contributed by atoms with Crippen molar-refractivity contribution >= 4 is 17.7 Å². The van der Waals surface area contributed by atoms with E-state index in [1.165, 1.54) is 20.1 Å². The number of esters is 2. The van der Waals surface area contributed by atoms with Gasteiger partial charge in [-0.3, -0.25) is 14.4 Å². The van der Waals surface area contributed by atoms with Crippen LogP contribution in [0.25, 0.3) is 0 Å². The summed E-state index contributed by atoms with van der Waals surface area (Å²) in [4.78, 5) is 36.3. The first kappa shape index (κ1) is 37.6. The maximum Gasteiger partial charge on any atom is 0.303 e. The zero-order chi connectivity index (χ0) is 34.6. The molecule has 3 fully saturated rings. The molecule has 14 atom stereocenters. The molecule has 16 nitrogen and oxygen atoms in total. The summed E-state index contributed by atoms with van der Waals surface area (Å²) in [6.07, 6.45) is -12.6. The molecule has 0 radical (unpaired) electrons. The SMILES string of the molecule is CC(=O)OC[C@@H]1[C@H]2[C@H](OCCC(C)C)OC=C(CO[C@@H]3O[C@H](CO)[C@@H](O)C(=O)[C@H]3O[C@@H]3O[C@@H](C)[C@H](OC(C)=O)[C@@H](O)[C@H]3O)[C@H]2C[C@@H]1O. The van der Waals surface area contributed by atoms with Gasteiger partial charge in [-0.05, 0) is 37.2 Å². The van der Waals surface area contributed by atoms with Crippen LogP contribution in [0.15, 0.2) is 11.8 Å². The Bertz CT molecular complexity index is 1110. The van der Waals surface area contributed by atoms with Crippen molar-refractivity contribution in [1.29, 1.82) is 0 Å². The Labute approximate surface area is 272 Å². The molecule has 0 aromatic heterocycles. The minimum absolute atomic E-state index is 0.0439. The van der Waals surface area contributed by atoms with Gasteiger partial charge >= 0.3 is 11.9 Å². The van der Waals surface area contributed by atoms with E-state index >= 15 is 0 Å². The Kier molecular flexibility index (Phi) is 13.1. The molecule has 1 saturated carbocycles. The van der Waals surface area contributed by atoms with E-state index in [-0.39, 0.29) is 25.6 Å². The summed E-state index contributed by atoms with van der Waals surface area (Å²) in [5.41, 5.74) is 0.576. The van der Waals surface area contributed by atoms with Crippen LogP contribution < -0.4 is 0 Å². The molecule has 1 aliphatic carbocycles. The lowest BCUT2D eigenvalue weighted by Gasteiger charge is -2.44. The number of hydrogen-bond donors (Lipinski definition) is 5. The number of aliphatic hydroxyl groups excluding tert-OH is 5. The molecule has 16 heteroatoms.